The van der Waals surface area contributed by atoms with Gasteiger partial charge in [0.2, 0.25) is 0 Å². The molecule has 1 aromatic rings. The first-order chi connectivity index (χ1) is 9.09. The van der Waals surface area contributed by atoms with Crippen LogP contribution in [0, 0.1) is 0 Å². The van der Waals surface area contributed by atoms with E-state index in [0.29, 0.717) is 12.0 Å². The minimum atomic E-state index is 0. The molecule has 2 heteroatoms. The number of nitrogens with one attached hydrogen (secondary N) is 1. The van der Waals surface area contributed by atoms with Crippen LogP contribution in [0.3, 0.4) is 0 Å². The largest absolute Gasteiger partial charge is 0.312 e. The number of rotatable bonds is 3. The Bertz CT molecular complexity index is 316. The summed E-state index contributed by atoms with van der Waals surface area (Å²) in [4.78, 5) is 0. The van der Waals surface area contributed by atoms with Crippen LogP contribution in [-0.4, -0.2) is 12.1 Å². The van der Waals surface area contributed by atoms with Gasteiger partial charge in [0, 0.05) is 44.8 Å². The summed E-state index contributed by atoms with van der Waals surface area (Å²) in [5, 5.41) is 3.58. The standard InChI is InChI=1S/C9H19N.C9H12.3CH4.Y/c1-8(2)10-9-6-4-3-5-7-9;1-8(2)9-6-4-3-5-7-9;;;;/h8-10H,3-7H2,1-2H3;3-8H,1-2H3;3*1H4;. The van der Waals surface area contributed by atoms with E-state index in [4.69, 9.17) is 0 Å². The van der Waals surface area contributed by atoms with Crippen molar-refractivity contribution in [2.24, 2.45) is 0 Å². The molecule has 0 aromatic heterocycles. The van der Waals surface area contributed by atoms with E-state index in [1.54, 1.807) is 0 Å². The van der Waals surface area contributed by atoms with Crippen molar-refractivity contribution >= 4 is 0 Å². The molecule has 0 heterocycles. The molecule has 1 nitrogen and oxygen atoms in total. The molecule has 0 aliphatic heterocycles. The van der Waals surface area contributed by atoms with Crippen LogP contribution in [0.4, 0.5) is 0 Å². The maximum atomic E-state index is 3.58. The Morgan fingerprint density at radius 3 is 1.65 bits per heavy atom. The maximum absolute atomic E-state index is 3.58. The minimum absolute atomic E-state index is 0. The average Bonchev–Trinajstić information content (AvgIpc) is 2.41. The van der Waals surface area contributed by atoms with Crippen LogP contribution >= 0.6 is 0 Å². The predicted molar refractivity (Wildman–Crippen MR) is 106 cm³/mol. The summed E-state index contributed by atoms with van der Waals surface area (Å²) in [6.07, 6.45) is 7.13. The molecule has 0 spiro atoms. The molecule has 135 valence electrons. The zero-order valence-corrected chi connectivity index (χ0v) is 16.6. The molecule has 1 saturated carbocycles. The molecule has 2 rings (SSSR count). The molecule has 0 saturated heterocycles. The maximum Gasteiger partial charge on any atom is 0.00694 e. The van der Waals surface area contributed by atoms with Crippen LogP contribution in [0.5, 0.6) is 0 Å². The van der Waals surface area contributed by atoms with Crippen molar-refractivity contribution in [2.45, 2.75) is 100 Å². The zero-order chi connectivity index (χ0) is 14.1. The van der Waals surface area contributed by atoms with E-state index in [1.165, 1.54) is 37.7 Å². The van der Waals surface area contributed by atoms with Crippen molar-refractivity contribution in [3.8, 4) is 0 Å². The number of hydrogen-bond donors (Lipinski definition) is 1. The molecule has 1 N–H and O–H groups in total. The smallest absolute Gasteiger partial charge is 0.00694 e. The molecule has 1 aromatic carbocycles. The first kappa shape index (κ1) is 31.1. The van der Waals surface area contributed by atoms with E-state index in [-0.39, 0.29) is 55.0 Å². The van der Waals surface area contributed by atoms with Gasteiger partial charge in [-0.05, 0) is 24.3 Å². The minimum Gasteiger partial charge on any atom is -0.312 e. The monoisotopic (exact) mass is 398 g/mol. The van der Waals surface area contributed by atoms with Crippen LogP contribution in [0.1, 0.15) is 93.6 Å². The van der Waals surface area contributed by atoms with Crippen LogP contribution in [0.2, 0.25) is 0 Å². The Kier molecular flexibility index (Phi) is 25.2. The Morgan fingerprint density at radius 2 is 1.30 bits per heavy atom. The van der Waals surface area contributed by atoms with Crippen molar-refractivity contribution in [3.05, 3.63) is 35.9 Å². The summed E-state index contributed by atoms with van der Waals surface area (Å²) in [6, 6.07) is 12.0. The van der Waals surface area contributed by atoms with Gasteiger partial charge in [0.1, 0.15) is 0 Å². The fourth-order valence-electron chi connectivity index (χ4n) is 2.58. The van der Waals surface area contributed by atoms with Gasteiger partial charge in [0.05, 0.1) is 0 Å². The Balaban J connectivity index is -0.000000134. The molecule has 0 bridgehead atoms. The molecule has 1 fully saturated rings. The molecule has 1 aliphatic carbocycles. The SMILES string of the molecule is C.C.C.CC(C)NC1CCCCC1.CC(C)c1ccccc1.[Y]. The summed E-state index contributed by atoms with van der Waals surface area (Å²) >= 11 is 0. The van der Waals surface area contributed by atoms with E-state index in [0.717, 1.165) is 6.04 Å². The molecule has 0 unspecified atom stereocenters. The van der Waals surface area contributed by atoms with Crippen LogP contribution in [-0.2, 0) is 32.7 Å². The van der Waals surface area contributed by atoms with Crippen LogP contribution in [0.15, 0.2) is 30.3 Å². The second kappa shape index (κ2) is 18.6. The van der Waals surface area contributed by atoms with Gasteiger partial charge in [0.15, 0.2) is 0 Å². The van der Waals surface area contributed by atoms with E-state index in [9.17, 15) is 0 Å². The van der Waals surface area contributed by atoms with Gasteiger partial charge in [-0.15, -0.1) is 0 Å². The normalized spacial score (nSPS) is 13.5. The molecule has 0 atom stereocenters. The van der Waals surface area contributed by atoms with Gasteiger partial charge in [-0.3, -0.25) is 0 Å². The summed E-state index contributed by atoms with van der Waals surface area (Å²) in [7, 11) is 0. The number of hydrogen-bond acceptors (Lipinski definition) is 1. The first-order valence-electron chi connectivity index (χ1n) is 7.90. The fraction of sp³-hybridized carbons (Fsp3) is 0.714. The third kappa shape index (κ3) is 15.5. The summed E-state index contributed by atoms with van der Waals surface area (Å²) in [5.74, 6) is 0.659. The van der Waals surface area contributed by atoms with Gasteiger partial charge < -0.3 is 5.32 Å². The van der Waals surface area contributed by atoms with E-state index >= 15 is 0 Å². The molecule has 0 amide bonds. The van der Waals surface area contributed by atoms with E-state index < -0.39 is 0 Å². The Labute approximate surface area is 173 Å². The van der Waals surface area contributed by atoms with Crippen molar-refractivity contribution in [3.63, 3.8) is 0 Å². The topological polar surface area (TPSA) is 12.0 Å². The summed E-state index contributed by atoms with van der Waals surface area (Å²) in [6.45, 7) is 8.87. The second-order valence-electron chi connectivity index (χ2n) is 6.22. The second-order valence-corrected chi connectivity index (χ2v) is 6.22. The predicted octanol–water partition coefficient (Wildman–Crippen LogP) is 7.03. The first-order valence-corrected chi connectivity index (χ1v) is 7.90. The van der Waals surface area contributed by atoms with Crippen LogP contribution in [0.25, 0.3) is 0 Å². The Morgan fingerprint density at radius 1 is 0.826 bits per heavy atom. The quantitative estimate of drug-likeness (QED) is 0.576. The van der Waals surface area contributed by atoms with E-state index in [1.807, 2.05) is 6.07 Å². The zero-order valence-electron chi connectivity index (χ0n) is 13.7. The van der Waals surface area contributed by atoms with Gasteiger partial charge >= 0.3 is 0 Å². The molecule has 1 radical (unpaired) electrons. The molecular formula is C21H43NY. The fourth-order valence-corrected chi connectivity index (χ4v) is 2.58. The van der Waals surface area contributed by atoms with Gasteiger partial charge in [-0.25, -0.2) is 0 Å². The average molecular weight is 398 g/mol. The van der Waals surface area contributed by atoms with Gasteiger partial charge in [-0.1, -0.05) is 99.6 Å². The van der Waals surface area contributed by atoms with Crippen molar-refractivity contribution in [2.75, 3.05) is 0 Å². The molecule has 23 heavy (non-hydrogen) atoms. The van der Waals surface area contributed by atoms with Crippen LogP contribution < -0.4 is 5.32 Å². The Hall–Kier alpha value is 0.284. The van der Waals surface area contributed by atoms with Gasteiger partial charge in [-0.2, -0.15) is 0 Å². The van der Waals surface area contributed by atoms with Crippen molar-refractivity contribution in [1.82, 2.24) is 5.32 Å². The number of benzene rings is 1. The van der Waals surface area contributed by atoms with Crippen molar-refractivity contribution < 1.29 is 32.7 Å². The third-order valence-electron chi connectivity index (χ3n) is 3.64. The third-order valence-corrected chi connectivity index (χ3v) is 3.64. The van der Waals surface area contributed by atoms with Gasteiger partial charge in [0.25, 0.3) is 0 Å². The molecular weight excluding hydrogens is 355 g/mol. The summed E-state index contributed by atoms with van der Waals surface area (Å²) < 4.78 is 0. The van der Waals surface area contributed by atoms with Crippen molar-refractivity contribution in [1.29, 1.82) is 0 Å². The van der Waals surface area contributed by atoms with E-state index in [2.05, 4.69) is 57.3 Å². The molecule has 1 aliphatic rings. The summed E-state index contributed by atoms with van der Waals surface area (Å²) in [5.41, 5.74) is 1.41.